The number of rotatable bonds is 4. The second kappa shape index (κ2) is 5.87. The van der Waals surface area contributed by atoms with Crippen LogP contribution < -0.4 is 14.8 Å². The summed E-state index contributed by atoms with van der Waals surface area (Å²) in [5, 5.41) is 3.11. The van der Waals surface area contributed by atoms with Gasteiger partial charge in [-0.1, -0.05) is 6.92 Å². The Morgan fingerprint density at radius 3 is 2.78 bits per heavy atom. The van der Waals surface area contributed by atoms with Crippen molar-refractivity contribution in [3.05, 3.63) is 23.8 Å². The van der Waals surface area contributed by atoms with E-state index in [-0.39, 0.29) is 11.8 Å². The van der Waals surface area contributed by atoms with Crippen molar-refractivity contribution in [2.75, 3.05) is 19.8 Å². The highest BCUT2D eigenvalue weighted by Gasteiger charge is 2.17. The number of carbonyl (C=O) groups is 1. The van der Waals surface area contributed by atoms with Gasteiger partial charge in [0.05, 0.1) is 19.3 Å². The zero-order valence-electron chi connectivity index (χ0n) is 10.9. The molecule has 0 aliphatic carbocycles. The van der Waals surface area contributed by atoms with Crippen molar-refractivity contribution in [1.29, 1.82) is 0 Å². The maximum atomic E-state index is 12.1. The molecule has 0 amide bonds. The summed E-state index contributed by atoms with van der Waals surface area (Å²) in [5.41, 5.74) is 0.660. The number of hydrogen-bond acceptors (Lipinski definition) is 4. The van der Waals surface area contributed by atoms with Gasteiger partial charge >= 0.3 is 0 Å². The Balaban J connectivity index is 2.19. The summed E-state index contributed by atoms with van der Waals surface area (Å²) in [6.45, 7) is 5.92. The molecule has 0 aromatic heterocycles. The molecule has 98 valence electrons. The van der Waals surface area contributed by atoms with Crippen LogP contribution >= 0.6 is 0 Å². The number of Topliss-reactive ketones (excluding diaryl/α,β-unsaturated/α-hetero) is 1. The fourth-order valence-electron chi connectivity index (χ4n) is 1.97. The molecule has 0 spiro atoms. The maximum Gasteiger partial charge on any atom is 0.179 e. The van der Waals surface area contributed by atoms with Crippen LogP contribution in [-0.4, -0.2) is 31.6 Å². The second-order valence-corrected chi connectivity index (χ2v) is 4.36. The van der Waals surface area contributed by atoms with Crippen molar-refractivity contribution in [2.24, 2.45) is 0 Å². The minimum Gasteiger partial charge on any atom is -0.490 e. The van der Waals surface area contributed by atoms with Gasteiger partial charge in [-0.25, -0.2) is 0 Å². The number of ether oxygens (including phenoxy) is 2. The van der Waals surface area contributed by atoms with Crippen LogP contribution in [0.1, 0.15) is 30.6 Å². The van der Waals surface area contributed by atoms with Crippen molar-refractivity contribution in [3.8, 4) is 11.5 Å². The van der Waals surface area contributed by atoms with Crippen molar-refractivity contribution in [3.63, 3.8) is 0 Å². The molecule has 1 N–H and O–H groups in total. The van der Waals surface area contributed by atoms with Gasteiger partial charge in [0.15, 0.2) is 17.3 Å². The van der Waals surface area contributed by atoms with Crippen LogP contribution in [0.25, 0.3) is 0 Å². The third kappa shape index (κ3) is 2.82. The van der Waals surface area contributed by atoms with Crippen LogP contribution in [0.2, 0.25) is 0 Å². The lowest BCUT2D eigenvalue weighted by molar-refractivity contribution is 0.0951. The third-order valence-electron chi connectivity index (χ3n) is 2.94. The predicted octanol–water partition coefficient (Wildman–Crippen LogP) is 2.03. The highest BCUT2D eigenvalue weighted by atomic mass is 16.5. The Morgan fingerprint density at radius 1 is 1.33 bits per heavy atom. The molecule has 1 aliphatic heterocycles. The first-order valence-electron chi connectivity index (χ1n) is 6.39. The van der Waals surface area contributed by atoms with Crippen LogP contribution in [0.15, 0.2) is 18.2 Å². The van der Waals surface area contributed by atoms with E-state index in [0.717, 1.165) is 18.7 Å². The molecule has 2 rings (SSSR count). The van der Waals surface area contributed by atoms with E-state index in [1.54, 1.807) is 12.1 Å². The fourth-order valence-corrected chi connectivity index (χ4v) is 1.97. The van der Waals surface area contributed by atoms with E-state index >= 15 is 0 Å². The molecule has 4 heteroatoms. The van der Waals surface area contributed by atoms with E-state index in [4.69, 9.17) is 9.47 Å². The molecule has 18 heavy (non-hydrogen) atoms. The van der Waals surface area contributed by atoms with Crippen LogP contribution in [-0.2, 0) is 0 Å². The summed E-state index contributed by atoms with van der Waals surface area (Å²) in [5.74, 6) is 1.47. The summed E-state index contributed by atoms with van der Waals surface area (Å²) in [7, 11) is 0. The van der Waals surface area contributed by atoms with Gasteiger partial charge in [-0.3, -0.25) is 4.79 Å². The highest BCUT2D eigenvalue weighted by molar-refractivity contribution is 6.00. The molecule has 0 saturated heterocycles. The molecular formula is C14H19NO3. The minimum atomic E-state index is -0.181. The van der Waals surface area contributed by atoms with Crippen molar-refractivity contribution in [2.45, 2.75) is 26.3 Å². The van der Waals surface area contributed by atoms with Crippen molar-refractivity contribution < 1.29 is 14.3 Å². The molecular weight excluding hydrogens is 230 g/mol. The van der Waals surface area contributed by atoms with E-state index in [2.05, 4.69) is 5.32 Å². The van der Waals surface area contributed by atoms with Gasteiger partial charge < -0.3 is 14.8 Å². The average molecular weight is 249 g/mol. The Hall–Kier alpha value is -1.55. The molecule has 0 bridgehead atoms. The number of nitrogens with one attached hydrogen (secondary N) is 1. The molecule has 1 aromatic carbocycles. The highest BCUT2D eigenvalue weighted by Crippen LogP contribution is 2.30. The summed E-state index contributed by atoms with van der Waals surface area (Å²) < 4.78 is 11.1. The van der Waals surface area contributed by atoms with Gasteiger partial charge in [-0.15, -0.1) is 0 Å². The molecule has 4 nitrogen and oxygen atoms in total. The molecule has 1 unspecified atom stereocenters. The van der Waals surface area contributed by atoms with Gasteiger partial charge in [-0.2, -0.15) is 0 Å². The fraction of sp³-hybridized carbons (Fsp3) is 0.500. The molecule has 1 atom stereocenters. The predicted molar refractivity (Wildman–Crippen MR) is 69.5 cm³/mol. The van der Waals surface area contributed by atoms with Crippen LogP contribution in [0.4, 0.5) is 0 Å². The lowest BCUT2D eigenvalue weighted by Crippen LogP contribution is -2.33. The molecule has 1 aromatic rings. The first-order valence-corrected chi connectivity index (χ1v) is 6.39. The lowest BCUT2D eigenvalue weighted by atomic mass is 10.0. The second-order valence-electron chi connectivity index (χ2n) is 4.36. The maximum absolute atomic E-state index is 12.1. The quantitative estimate of drug-likeness (QED) is 0.829. The number of likely N-dealkylation sites (N-methyl/N-ethyl adjacent to an activating group) is 1. The lowest BCUT2D eigenvalue weighted by Gasteiger charge is -2.13. The number of fused-ring (bicyclic) bond motifs is 1. The van der Waals surface area contributed by atoms with Crippen molar-refractivity contribution in [1.82, 2.24) is 5.32 Å². The smallest absolute Gasteiger partial charge is 0.179 e. The topological polar surface area (TPSA) is 47.6 Å². The molecule has 0 radical (unpaired) electrons. The van der Waals surface area contributed by atoms with E-state index in [1.807, 2.05) is 19.9 Å². The standard InChI is InChI=1S/C14H19NO3/c1-3-15-10(2)14(16)11-5-6-12-13(9-11)18-8-4-7-17-12/h5-6,9-10,15H,3-4,7-8H2,1-2H3. The van der Waals surface area contributed by atoms with Gasteiger partial charge in [0.25, 0.3) is 0 Å². The summed E-state index contributed by atoms with van der Waals surface area (Å²) >= 11 is 0. The zero-order chi connectivity index (χ0) is 13.0. The van der Waals surface area contributed by atoms with Gasteiger partial charge in [0.2, 0.25) is 0 Å². The normalized spacial score (nSPS) is 15.9. The van der Waals surface area contributed by atoms with Crippen molar-refractivity contribution >= 4 is 5.78 Å². The van der Waals surface area contributed by atoms with E-state index in [0.29, 0.717) is 24.5 Å². The third-order valence-corrected chi connectivity index (χ3v) is 2.94. The number of hydrogen-bond donors (Lipinski definition) is 1. The molecule has 1 heterocycles. The largest absolute Gasteiger partial charge is 0.490 e. The van der Waals surface area contributed by atoms with Gasteiger partial charge in [0.1, 0.15) is 0 Å². The first kappa shape index (κ1) is 12.9. The van der Waals surface area contributed by atoms with Crippen LogP contribution in [0, 0.1) is 0 Å². The van der Waals surface area contributed by atoms with E-state index in [9.17, 15) is 4.79 Å². The molecule has 0 fully saturated rings. The van der Waals surface area contributed by atoms with Gasteiger partial charge in [-0.05, 0) is 31.7 Å². The zero-order valence-corrected chi connectivity index (χ0v) is 10.9. The Bertz CT molecular complexity index is 431. The van der Waals surface area contributed by atoms with Crippen LogP contribution in [0.5, 0.6) is 11.5 Å². The SMILES string of the molecule is CCNC(C)C(=O)c1ccc2c(c1)OCCCO2. The Labute approximate surface area is 107 Å². The first-order chi connectivity index (χ1) is 8.72. The monoisotopic (exact) mass is 249 g/mol. The average Bonchev–Trinajstić information content (AvgIpc) is 2.62. The Morgan fingerprint density at radius 2 is 2.06 bits per heavy atom. The summed E-state index contributed by atoms with van der Waals surface area (Å²) in [6.07, 6.45) is 0.867. The number of ketones is 1. The van der Waals surface area contributed by atoms with E-state index < -0.39 is 0 Å². The summed E-state index contributed by atoms with van der Waals surface area (Å²) in [6, 6.07) is 5.20. The molecule has 1 aliphatic rings. The molecule has 0 saturated carbocycles. The van der Waals surface area contributed by atoms with Crippen LogP contribution in [0.3, 0.4) is 0 Å². The van der Waals surface area contributed by atoms with E-state index in [1.165, 1.54) is 0 Å². The van der Waals surface area contributed by atoms with Gasteiger partial charge in [0, 0.05) is 12.0 Å². The minimum absolute atomic E-state index is 0.0764. The number of carbonyl (C=O) groups excluding carboxylic acids is 1. The summed E-state index contributed by atoms with van der Waals surface area (Å²) in [4.78, 5) is 12.1. The Kier molecular flexibility index (Phi) is 4.20. The number of benzene rings is 1.